The SMILES string of the molecule is Cl.NCC1CCCCN1S(=O)(=O)c1cc(C(F)(F)F)ccc1F. The molecule has 1 aromatic carbocycles. The van der Waals surface area contributed by atoms with Gasteiger partial charge in [-0.3, -0.25) is 0 Å². The van der Waals surface area contributed by atoms with Crippen LogP contribution in [-0.4, -0.2) is 31.9 Å². The van der Waals surface area contributed by atoms with Gasteiger partial charge in [-0.15, -0.1) is 12.4 Å². The Labute approximate surface area is 138 Å². The molecule has 1 aliphatic heterocycles. The van der Waals surface area contributed by atoms with Crippen LogP contribution in [-0.2, 0) is 16.2 Å². The molecule has 0 aromatic heterocycles. The summed E-state index contributed by atoms with van der Waals surface area (Å²) in [6.45, 7) is 0.166. The lowest BCUT2D eigenvalue weighted by Gasteiger charge is -2.34. The Morgan fingerprint density at radius 1 is 1.26 bits per heavy atom. The van der Waals surface area contributed by atoms with Gasteiger partial charge in [-0.25, -0.2) is 12.8 Å². The van der Waals surface area contributed by atoms with Crippen LogP contribution in [0.25, 0.3) is 0 Å². The van der Waals surface area contributed by atoms with E-state index in [2.05, 4.69) is 0 Å². The molecular weight excluding hydrogens is 360 g/mol. The minimum absolute atomic E-state index is 0. The van der Waals surface area contributed by atoms with E-state index in [4.69, 9.17) is 5.73 Å². The van der Waals surface area contributed by atoms with Gasteiger partial charge in [0.2, 0.25) is 10.0 Å². The zero-order chi connectivity index (χ0) is 16.5. The van der Waals surface area contributed by atoms with Crippen molar-refractivity contribution in [1.29, 1.82) is 0 Å². The summed E-state index contributed by atoms with van der Waals surface area (Å²) in [6, 6.07) is 0.863. The van der Waals surface area contributed by atoms with Crippen molar-refractivity contribution >= 4 is 22.4 Å². The van der Waals surface area contributed by atoms with Crippen molar-refractivity contribution in [2.45, 2.75) is 36.4 Å². The summed E-state index contributed by atoms with van der Waals surface area (Å²) in [5.41, 5.74) is 4.33. The Balaban J connectivity index is 0.00000264. The Morgan fingerprint density at radius 3 is 2.48 bits per heavy atom. The van der Waals surface area contributed by atoms with Crippen molar-refractivity contribution in [3.05, 3.63) is 29.6 Å². The summed E-state index contributed by atoms with van der Waals surface area (Å²) < 4.78 is 78.0. The van der Waals surface area contributed by atoms with Gasteiger partial charge in [0.05, 0.1) is 5.56 Å². The smallest absolute Gasteiger partial charge is 0.329 e. The van der Waals surface area contributed by atoms with Crippen LogP contribution in [0.4, 0.5) is 17.6 Å². The van der Waals surface area contributed by atoms with Crippen LogP contribution in [0.15, 0.2) is 23.1 Å². The molecule has 0 aliphatic carbocycles. The summed E-state index contributed by atoms with van der Waals surface area (Å²) >= 11 is 0. The number of benzene rings is 1. The van der Waals surface area contributed by atoms with Gasteiger partial charge in [-0.2, -0.15) is 17.5 Å². The molecule has 1 aromatic rings. The molecule has 1 heterocycles. The average Bonchev–Trinajstić information content (AvgIpc) is 2.46. The predicted octanol–water partition coefficient (Wildman–Crippen LogP) is 2.77. The Hall–Kier alpha value is -0.900. The maximum Gasteiger partial charge on any atom is 0.416 e. The third-order valence-corrected chi connectivity index (χ3v) is 5.66. The molecule has 4 nitrogen and oxygen atoms in total. The number of rotatable bonds is 3. The third kappa shape index (κ3) is 4.14. The Morgan fingerprint density at radius 2 is 1.91 bits per heavy atom. The number of halogens is 5. The van der Waals surface area contributed by atoms with Crippen molar-refractivity contribution in [1.82, 2.24) is 4.31 Å². The third-order valence-electron chi connectivity index (χ3n) is 3.69. The maximum atomic E-state index is 13.8. The molecule has 0 spiro atoms. The normalized spacial score (nSPS) is 20.1. The summed E-state index contributed by atoms with van der Waals surface area (Å²) in [7, 11) is -4.36. The fraction of sp³-hybridized carbons (Fsp3) is 0.538. The van der Waals surface area contributed by atoms with E-state index in [0.29, 0.717) is 31.0 Å². The number of nitrogens with zero attached hydrogens (tertiary/aromatic N) is 1. The van der Waals surface area contributed by atoms with E-state index >= 15 is 0 Å². The summed E-state index contributed by atoms with van der Waals surface area (Å²) in [4.78, 5) is -0.956. The fourth-order valence-electron chi connectivity index (χ4n) is 2.53. The molecule has 132 valence electrons. The van der Waals surface area contributed by atoms with E-state index in [1.165, 1.54) is 0 Å². The second-order valence-corrected chi connectivity index (χ2v) is 7.00. The van der Waals surface area contributed by atoms with E-state index < -0.39 is 38.5 Å². The van der Waals surface area contributed by atoms with Gasteiger partial charge in [0.25, 0.3) is 0 Å². The first kappa shape index (κ1) is 20.1. The quantitative estimate of drug-likeness (QED) is 0.825. The van der Waals surface area contributed by atoms with Crippen LogP contribution >= 0.6 is 12.4 Å². The van der Waals surface area contributed by atoms with Gasteiger partial charge in [0.15, 0.2) is 0 Å². The number of hydrogen-bond donors (Lipinski definition) is 1. The maximum absolute atomic E-state index is 13.8. The van der Waals surface area contributed by atoms with E-state index in [0.717, 1.165) is 10.7 Å². The fourth-order valence-corrected chi connectivity index (χ4v) is 4.33. The lowest BCUT2D eigenvalue weighted by molar-refractivity contribution is -0.137. The zero-order valence-corrected chi connectivity index (χ0v) is 13.6. The van der Waals surface area contributed by atoms with Crippen LogP contribution in [0.5, 0.6) is 0 Å². The first-order valence-corrected chi connectivity index (χ1v) is 8.20. The van der Waals surface area contributed by atoms with Crippen LogP contribution in [0.1, 0.15) is 24.8 Å². The van der Waals surface area contributed by atoms with Crippen LogP contribution in [0.2, 0.25) is 0 Å². The molecular formula is C13H17ClF4N2O2S. The molecule has 1 unspecified atom stereocenters. The molecule has 0 bridgehead atoms. The van der Waals surface area contributed by atoms with Gasteiger partial charge >= 0.3 is 6.18 Å². The van der Waals surface area contributed by atoms with E-state index in [-0.39, 0.29) is 25.5 Å². The Kier molecular flexibility index (Phi) is 6.42. The highest BCUT2D eigenvalue weighted by atomic mass is 35.5. The van der Waals surface area contributed by atoms with Gasteiger partial charge in [0.1, 0.15) is 10.7 Å². The highest BCUT2D eigenvalue weighted by Gasteiger charge is 2.37. The number of alkyl halides is 3. The van der Waals surface area contributed by atoms with Crippen molar-refractivity contribution in [2.24, 2.45) is 5.73 Å². The molecule has 1 aliphatic rings. The van der Waals surface area contributed by atoms with E-state index in [9.17, 15) is 26.0 Å². The summed E-state index contributed by atoms with van der Waals surface area (Å²) in [5.74, 6) is -1.20. The minimum atomic E-state index is -4.74. The zero-order valence-electron chi connectivity index (χ0n) is 12.0. The van der Waals surface area contributed by atoms with Crippen LogP contribution < -0.4 is 5.73 Å². The molecule has 23 heavy (non-hydrogen) atoms. The second kappa shape index (κ2) is 7.33. The number of sulfonamides is 1. The number of piperidine rings is 1. The van der Waals surface area contributed by atoms with E-state index in [1.54, 1.807) is 0 Å². The predicted molar refractivity (Wildman–Crippen MR) is 79.2 cm³/mol. The monoisotopic (exact) mass is 376 g/mol. The van der Waals surface area contributed by atoms with Crippen LogP contribution in [0.3, 0.4) is 0 Å². The molecule has 1 saturated heterocycles. The first-order chi connectivity index (χ1) is 10.2. The number of hydrogen-bond acceptors (Lipinski definition) is 3. The number of nitrogens with two attached hydrogens (primary N) is 1. The lowest BCUT2D eigenvalue weighted by Crippen LogP contribution is -2.47. The molecule has 0 saturated carbocycles. The summed E-state index contributed by atoms with van der Waals surface area (Å²) in [5, 5.41) is 0. The highest BCUT2D eigenvalue weighted by molar-refractivity contribution is 7.89. The van der Waals surface area contributed by atoms with Crippen molar-refractivity contribution < 1.29 is 26.0 Å². The van der Waals surface area contributed by atoms with Gasteiger partial charge in [-0.1, -0.05) is 6.42 Å². The average molecular weight is 377 g/mol. The second-order valence-electron chi connectivity index (χ2n) is 5.14. The minimum Gasteiger partial charge on any atom is -0.329 e. The molecule has 10 heteroatoms. The molecule has 2 N–H and O–H groups in total. The molecule has 1 atom stereocenters. The molecule has 0 amide bonds. The lowest BCUT2D eigenvalue weighted by atomic mass is 10.1. The van der Waals surface area contributed by atoms with Gasteiger partial charge in [-0.05, 0) is 31.0 Å². The molecule has 1 fully saturated rings. The van der Waals surface area contributed by atoms with E-state index in [1.807, 2.05) is 0 Å². The van der Waals surface area contributed by atoms with Crippen LogP contribution in [0, 0.1) is 5.82 Å². The van der Waals surface area contributed by atoms with Crippen molar-refractivity contribution in [3.63, 3.8) is 0 Å². The van der Waals surface area contributed by atoms with Gasteiger partial charge in [0, 0.05) is 19.1 Å². The first-order valence-electron chi connectivity index (χ1n) is 6.76. The standard InChI is InChI=1S/C13H16F4N2O2S.ClH/c14-11-5-4-9(13(15,16)17)7-12(11)22(20,21)19-6-2-1-3-10(19)8-18;/h4-5,7,10H,1-3,6,8,18H2;1H. The van der Waals surface area contributed by atoms with Crippen molar-refractivity contribution in [2.75, 3.05) is 13.1 Å². The largest absolute Gasteiger partial charge is 0.416 e. The van der Waals surface area contributed by atoms with Gasteiger partial charge < -0.3 is 5.73 Å². The molecule has 2 rings (SSSR count). The Bertz CT molecular complexity index is 652. The highest BCUT2D eigenvalue weighted by Crippen LogP contribution is 2.33. The molecule has 0 radical (unpaired) electrons. The topological polar surface area (TPSA) is 63.4 Å². The summed E-state index contributed by atoms with van der Waals surface area (Å²) in [6.07, 6.45) is -2.89. The van der Waals surface area contributed by atoms with Crippen molar-refractivity contribution in [3.8, 4) is 0 Å².